The van der Waals surface area contributed by atoms with Gasteiger partial charge in [-0.2, -0.15) is 0 Å². The Morgan fingerprint density at radius 2 is 1.79 bits per heavy atom. The molecule has 0 atom stereocenters. The number of nitrogens with zero attached hydrogens (tertiary/aromatic N) is 1. The molecule has 19 heavy (non-hydrogen) atoms. The number of nitrogens with two attached hydrogens (primary N) is 1. The maximum absolute atomic E-state index is 12.0. The molecule has 0 saturated carbocycles. The van der Waals surface area contributed by atoms with Crippen molar-refractivity contribution >= 4 is 52.2 Å². The Hall–Kier alpha value is -1.49. The Labute approximate surface area is 124 Å². The SMILES string of the molecule is Nc1ccc(Cl)c(C(=O)Nc2cc(Cl)ccc2Cl)n1. The quantitative estimate of drug-likeness (QED) is 0.883. The first kappa shape index (κ1) is 13.9. The highest BCUT2D eigenvalue weighted by atomic mass is 35.5. The Morgan fingerprint density at radius 1 is 1.11 bits per heavy atom. The number of hydrogen-bond acceptors (Lipinski definition) is 3. The van der Waals surface area contributed by atoms with Gasteiger partial charge in [0.25, 0.3) is 5.91 Å². The van der Waals surface area contributed by atoms with Crippen LogP contribution in [-0.2, 0) is 0 Å². The second kappa shape index (κ2) is 5.65. The van der Waals surface area contributed by atoms with E-state index >= 15 is 0 Å². The van der Waals surface area contributed by atoms with Crippen LogP contribution < -0.4 is 11.1 Å². The van der Waals surface area contributed by atoms with Crippen molar-refractivity contribution in [3.63, 3.8) is 0 Å². The summed E-state index contributed by atoms with van der Waals surface area (Å²) in [6.07, 6.45) is 0. The molecular formula is C12H8Cl3N3O. The van der Waals surface area contributed by atoms with Gasteiger partial charge >= 0.3 is 0 Å². The zero-order valence-corrected chi connectivity index (χ0v) is 11.7. The topological polar surface area (TPSA) is 68.0 Å². The number of anilines is 2. The van der Waals surface area contributed by atoms with Crippen LogP contribution >= 0.6 is 34.8 Å². The van der Waals surface area contributed by atoms with E-state index in [1.54, 1.807) is 12.1 Å². The largest absolute Gasteiger partial charge is 0.384 e. The normalized spacial score (nSPS) is 10.3. The predicted octanol–water partition coefficient (Wildman–Crippen LogP) is 3.88. The summed E-state index contributed by atoms with van der Waals surface area (Å²) in [4.78, 5) is 15.9. The molecule has 0 aliphatic heterocycles. The highest BCUT2D eigenvalue weighted by molar-refractivity contribution is 6.36. The lowest BCUT2D eigenvalue weighted by Crippen LogP contribution is -2.15. The van der Waals surface area contributed by atoms with E-state index in [1.165, 1.54) is 18.2 Å². The van der Waals surface area contributed by atoms with Crippen LogP contribution in [0.25, 0.3) is 0 Å². The van der Waals surface area contributed by atoms with Gasteiger partial charge in [0.1, 0.15) is 11.5 Å². The van der Waals surface area contributed by atoms with Crippen LogP contribution in [0.3, 0.4) is 0 Å². The Kier molecular flexibility index (Phi) is 4.14. The lowest BCUT2D eigenvalue weighted by molar-refractivity contribution is 0.102. The average molecular weight is 317 g/mol. The molecule has 98 valence electrons. The summed E-state index contributed by atoms with van der Waals surface area (Å²) in [5, 5.41) is 3.59. The van der Waals surface area contributed by atoms with Crippen molar-refractivity contribution in [2.75, 3.05) is 11.1 Å². The third-order valence-electron chi connectivity index (χ3n) is 2.26. The molecule has 0 radical (unpaired) electrons. The number of amides is 1. The third-order valence-corrected chi connectivity index (χ3v) is 3.13. The van der Waals surface area contributed by atoms with Crippen molar-refractivity contribution in [2.24, 2.45) is 0 Å². The molecule has 0 spiro atoms. The number of nitrogens with one attached hydrogen (secondary N) is 1. The molecule has 2 aromatic rings. The van der Waals surface area contributed by atoms with Gasteiger partial charge in [-0.05, 0) is 30.3 Å². The molecule has 1 amide bonds. The van der Waals surface area contributed by atoms with E-state index in [9.17, 15) is 4.79 Å². The number of halogens is 3. The lowest BCUT2D eigenvalue weighted by atomic mass is 10.3. The molecule has 0 saturated heterocycles. The summed E-state index contributed by atoms with van der Waals surface area (Å²) in [5.41, 5.74) is 5.92. The van der Waals surface area contributed by atoms with Gasteiger partial charge in [-0.25, -0.2) is 4.98 Å². The summed E-state index contributed by atoms with van der Waals surface area (Å²) in [6.45, 7) is 0. The van der Waals surface area contributed by atoms with Crippen LogP contribution in [0.1, 0.15) is 10.5 Å². The van der Waals surface area contributed by atoms with E-state index in [2.05, 4.69) is 10.3 Å². The maximum atomic E-state index is 12.0. The van der Waals surface area contributed by atoms with Gasteiger partial charge in [-0.15, -0.1) is 0 Å². The van der Waals surface area contributed by atoms with Gasteiger partial charge in [0.05, 0.1) is 15.7 Å². The lowest BCUT2D eigenvalue weighted by Gasteiger charge is -2.08. The molecule has 1 aromatic carbocycles. The van der Waals surface area contributed by atoms with E-state index in [4.69, 9.17) is 40.5 Å². The monoisotopic (exact) mass is 315 g/mol. The average Bonchev–Trinajstić information content (AvgIpc) is 2.36. The van der Waals surface area contributed by atoms with E-state index in [0.29, 0.717) is 15.7 Å². The molecule has 3 N–H and O–H groups in total. The number of pyridine rings is 1. The third kappa shape index (κ3) is 3.29. The number of aromatic nitrogens is 1. The fourth-order valence-electron chi connectivity index (χ4n) is 1.39. The second-order valence-electron chi connectivity index (χ2n) is 3.64. The summed E-state index contributed by atoms with van der Waals surface area (Å²) in [7, 11) is 0. The van der Waals surface area contributed by atoms with Gasteiger partial charge in [0.15, 0.2) is 0 Å². The molecule has 0 unspecified atom stereocenters. The zero-order valence-electron chi connectivity index (χ0n) is 9.45. The highest BCUT2D eigenvalue weighted by Gasteiger charge is 2.14. The van der Waals surface area contributed by atoms with Gasteiger partial charge in [-0.1, -0.05) is 34.8 Å². The van der Waals surface area contributed by atoms with Gasteiger partial charge < -0.3 is 11.1 Å². The first-order chi connectivity index (χ1) is 8.97. The summed E-state index contributed by atoms with van der Waals surface area (Å²) in [5.74, 6) is -0.312. The van der Waals surface area contributed by atoms with Crippen molar-refractivity contribution in [1.29, 1.82) is 0 Å². The molecule has 1 heterocycles. The summed E-state index contributed by atoms with van der Waals surface area (Å²) in [6, 6.07) is 7.73. The minimum Gasteiger partial charge on any atom is -0.384 e. The number of carbonyl (C=O) groups is 1. The molecule has 0 bridgehead atoms. The van der Waals surface area contributed by atoms with Gasteiger partial charge in [-0.3, -0.25) is 4.79 Å². The molecule has 2 rings (SSSR count). The van der Waals surface area contributed by atoms with Crippen LogP contribution in [-0.4, -0.2) is 10.9 Å². The predicted molar refractivity (Wildman–Crippen MR) is 78.1 cm³/mol. The number of carbonyl (C=O) groups excluding carboxylic acids is 1. The number of benzene rings is 1. The molecule has 4 nitrogen and oxygen atoms in total. The van der Waals surface area contributed by atoms with Crippen molar-refractivity contribution in [3.8, 4) is 0 Å². The smallest absolute Gasteiger partial charge is 0.275 e. The number of hydrogen-bond donors (Lipinski definition) is 2. The second-order valence-corrected chi connectivity index (χ2v) is 4.90. The van der Waals surface area contributed by atoms with Crippen LogP contribution in [0.15, 0.2) is 30.3 Å². The van der Waals surface area contributed by atoms with Crippen LogP contribution in [0.5, 0.6) is 0 Å². The van der Waals surface area contributed by atoms with E-state index in [-0.39, 0.29) is 16.5 Å². The molecule has 0 fully saturated rings. The van der Waals surface area contributed by atoms with Crippen LogP contribution in [0.4, 0.5) is 11.5 Å². The Morgan fingerprint density at radius 3 is 2.53 bits per heavy atom. The van der Waals surface area contributed by atoms with Gasteiger partial charge in [0.2, 0.25) is 0 Å². The van der Waals surface area contributed by atoms with E-state index in [0.717, 1.165) is 0 Å². The van der Waals surface area contributed by atoms with E-state index in [1.807, 2.05) is 0 Å². The van der Waals surface area contributed by atoms with Crippen molar-refractivity contribution < 1.29 is 4.79 Å². The van der Waals surface area contributed by atoms with Gasteiger partial charge in [0, 0.05) is 5.02 Å². The van der Waals surface area contributed by atoms with Crippen molar-refractivity contribution in [2.45, 2.75) is 0 Å². The molecule has 0 aliphatic carbocycles. The first-order valence-electron chi connectivity index (χ1n) is 5.16. The van der Waals surface area contributed by atoms with Crippen molar-refractivity contribution in [1.82, 2.24) is 4.98 Å². The van der Waals surface area contributed by atoms with Crippen LogP contribution in [0.2, 0.25) is 15.1 Å². The minimum atomic E-state index is -0.513. The molecular weight excluding hydrogens is 309 g/mol. The fraction of sp³-hybridized carbons (Fsp3) is 0. The first-order valence-corrected chi connectivity index (χ1v) is 6.29. The number of nitrogen functional groups attached to an aromatic ring is 1. The van der Waals surface area contributed by atoms with E-state index < -0.39 is 5.91 Å². The molecule has 7 heteroatoms. The fourth-order valence-corrected chi connectivity index (χ4v) is 1.92. The highest BCUT2D eigenvalue weighted by Crippen LogP contribution is 2.26. The Balaban J connectivity index is 2.30. The van der Waals surface area contributed by atoms with Crippen molar-refractivity contribution in [3.05, 3.63) is 51.1 Å². The molecule has 1 aromatic heterocycles. The maximum Gasteiger partial charge on any atom is 0.275 e. The minimum absolute atomic E-state index is 0.0257. The Bertz CT molecular complexity index is 646. The molecule has 0 aliphatic rings. The summed E-state index contributed by atoms with van der Waals surface area (Å²) >= 11 is 17.7. The standard InChI is InChI=1S/C12H8Cl3N3O/c13-6-1-2-7(14)9(5-6)17-12(19)11-8(15)3-4-10(16)18-11/h1-5H,(H2,16,18)(H,17,19). The van der Waals surface area contributed by atoms with Crippen LogP contribution in [0, 0.1) is 0 Å². The summed E-state index contributed by atoms with van der Waals surface area (Å²) < 4.78 is 0. The zero-order chi connectivity index (χ0) is 14.0. The number of rotatable bonds is 2.